The topological polar surface area (TPSA) is 69.0 Å². The van der Waals surface area contributed by atoms with E-state index in [1.54, 1.807) is 0 Å². The third-order valence-electron chi connectivity index (χ3n) is 6.16. The summed E-state index contributed by atoms with van der Waals surface area (Å²) in [5.41, 5.74) is 4.60. The first kappa shape index (κ1) is 25.3. The van der Waals surface area contributed by atoms with Gasteiger partial charge in [0, 0.05) is 30.4 Å². The maximum Gasteiger partial charge on any atom is 0.286 e. The second kappa shape index (κ2) is 10.6. The molecule has 37 heavy (non-hydrogen) atoms. The maximum absolute atomic E-state index is 12.9. The molecular weight excluding hydrogens is 484 g/mol. The summed E-state index contributed by atoms with van der Waals surface area (Å²) in [6.07, 6.45) is 4.16. The largest absolute Gasteiger partial charge is 0.491 e. The molecule has 8 heteroatoms. The summed E-state index contributed by atoms with van der Waals surface area (Å²) in [6, 6.07) is 16.1. The molecule has 2 aromatic carbocycles. The first-order valence-corrected chi connectivity index (χ1v) is 13.4. The Labute approximate surface area is 222 Å². The standard InChI is InChI=1S/C29H32N4O3S/c1-18(2)35-25-12-11-22(13-19(25)3)27-23(17-33(31-27)24-9-7-6-8-10-24)14-26-28(34)30-29(37-26)32-15-20(4)36-21(5)16-32/h6-14,17-18,20-21H,15-16H2,1-5H3. The number of benzene rings is 2. The molecule has 1 fully saturated rings. The zero-order valence-corrected chi connectivity index (χ0v) is 22.7. The van der Waals surface area contributed by atoms with Crippen molar-refractivity contribution in [3.05, 3.63) is 70.8 Å². The van der Waals surface area contributed by atoms with Crippen molar-refractivity contribution in [1.29, 1.82) is 0 Å². The first-order chi connectivity index (χ1) is 17.8. The molecular formula is C29H32N4O3S. The second-order valence-electron chi connectivity index (χ2n) is 9.83. The average molecular weight is 517 g/mol. The molecule has 1 amide bonds. The summed E-state index contributed by atoms with van der Waals surface area (Å²) in [7, 11) is 0. The lowest BCUT2D eigenvalue weighted by molar-refractivity contribution is -0.113. The monoisotopic (exact) mass is 516 g/mol. The Morgan fingerprint density at radius 2 is 1.84 bits per heavy atom. The SMILES string of the molecule is Cc1cc(-c2nn(-c3ccccc3)cc2C=C2SC(N3CC(C)OC(C)C3)=NC2=O)ccc1OC(C)C. The molecule has 1 aromatic heterocycles. The van der Waals surface area contributed by atoms with E-state index in [9.17, 15) is 4.79 Å². The minimum atomic E-state index is -0.220. The van der Waals surface area contributed by atoms with E-state index in [1.165, 1.54) is 11.8 Å². The van der Waals surface area contributed by atoms with Gasteiger partial charge in [0.25, 0.3) is 5.91 Å². The number of aryl methyl sites for hydroxylation is 1. The van der Waals surface area contributed by atoms with E-state index in [0.29, 0.717) is 4.91 Å². The number of aromatic nitrogens is 2. The molecule has 192 valence electrons. The number of aliphatic imine (C=N–C) groups is 1. The molecule has 1 saturated heterocycles. The quantitative estimate of drug-likeness (QED) is 0.405. The molecule has 5 rings (SSSR count). The molecule has 2 unspecified atom stereocenters. The van der Waals surface area contributed by atoms with Gasteiger partial charge in [0.1, 0.15) is 11.4 Å². The molecule has 0 N–H and O–H groups in total. The highest BCUT2D eigenvalue weighted by atomic mass is 32.2. The molecule has 2 aliphatic rings. The van der Waals surface area contributed by atoms with Crippen LogP contribution in [0.4, 0.5) is 0 Å². The van der Waals surface area contributed by atoms with Crippen molar-refractivity contribution in [3.8, 4) is 22.7 Å². The van der Waals surface area contributed by atoms with Crippen molar-refractivity contribution < 1.29 is 14.3 Å². The van der Waals surface area contributed by atoms with Gasteiger partial charge in [-0.1, -0.05) is 18.2 Å². The summed E-state index contributed by atoms with van der Waals surface area (Å²) >= 11 is 1.42. The van der Waals surface area contributed by atoms with Crippen molar-refractivity contribution in [2.24, 2.45) is 4.99 Å². The Morgan fingerprint density at radius 1 is 1.11 bits per heavy atom. The van der Waals surface area contributed by atoms with Crippen molar-refractivity contribution in [2.45, 2.75) is 52.9 Å². The number of para-hydroxylation sites is 1. The summed E-state index contributed by atoms with van der Waals surface area (Å²) in [5, 5.41) is 5.66. The molecule has 7 nitrogen and oxygen atoms in total. The number of rotatable bonds is 5. The molecule has 2 atom stereocenters. The van der Waals surface area contributed by atoms with Crippen LogP contribution in [0.2, 0.25) is 0 Å². The predicted octanol–water partition coefficient (Wildman–Crippen LogP) is 5.71. The molecule has 0 radical (unpaired) electrons. The van der Waals surface area contributed by atoms with Crippen LogP contribution in [0.25, 0.3) is 23.0 Å². The van der Waals surface area contributed by atoms with Crippen LogP contribution in [0.15, 0.2) is 64.6 Å². The number of hydrogen-bond acceptors (Lipinski definition) is 6. The third kappa shape index (κ3) is 5.65. The fourth-order valence-electron chi connectivity index (χ4n) is 4.62. The van der Waals surface area contributed by atoms with Gasteiger partial charge in [-0.25, -0.2) is 4.68 Å². The minimum absolute atomic E-state index is 0.0942. The van der Waals surface area contributed by atoms with E-state index < -0.39 is 0 Å². The van der Waals surface area contributed by atoms with E-state index in [-0.39, 0.29) is 24.2 Å². The van der Waals surface area contributed by atoms with Crippen molar-refractivity contribution in [3.63, 3.8) is 0 Å². The van der Waals surface area contributed by atoms with E-state index in [2.05, 4.69) is 16.0 Å². The van der Waals surface area contributed by atoms with E-state index >= 15 is 0 Å². The number of morpholine rings is 1. The highest BCUT2D eigenvalue weighted by Gasteiger charge is 2.31. The van der Waals surface area contributed by atoms with Gasteiger partial charge in [-0.2, -0.15) is 10.1 Å². The third-order valence-corrected chi connectivity index (χ3v) is 7.20. The summed E-state index contributed by atoms with van der Waals surface area (Å²) in [5.74, 6) is 0.636. The minimum Gasteiger partial charge on any atom is -0.491 e. The van der Waals surface area contributed by atoms with Gasteiger partial charge in [0.05, 0.1) is 28.9 Å². The number of amidine groups is 1. The second-order valence-corrected chi connectivity index (χ2v) is 10.8. The van der Waals surface area contributed by atoms with Crippen LogP contribution in [-0.4, -0.2) is 57.2 Å². The van der Waals surface area contributed by atoms with E-state index in [1.807, 2.05) is 94.0 Å². The first-order valence-electron chi connectivity index (χ1n) is 12.6. The summed E-state index contributed by atoms with van der Waals surface area (Å²) in [6.45, 7) is 11.6. The van der Waals surface area contributed by atoms with Crippen LogP contribution < -0.4 is 4.74 Å². The molecule has 2 aliphatic heterocycles. The highest BCUT2D eigenvalue weighted by Crippen LogP contribution is 2.35. The zero-order valence-electron chi connectivity index (χ0n) is 21.8. The number of nitrogens with zero attached hydrogens (tertiary/aromatic N) is 4. The number of ether oxygens (including phenoxy) is 2. The molecule has 3 heterocycles. The molecule has 0 aliphatic carbocycles. The van der Waals surface area contributed by atoms with Crippen molar-refractivity contribution in [2.75, 3.05) is 13.1 Å². The van der Waals surface area contributed by atoms with Gasteiger partial charge in [-0.15, -0.1) is 0 Å². The van der Waals surface area contributed by atoms with Crippen LogP contribution in [0.1, 0.15) is 38.8 Å². The molecule has 0 bridgehead atoms. The summed E-state index contributed by atoms with van der Waals surface area (Å²) < 4.78 is 13.6. The Bertz CT molecular complexity index is 1350. The lowest BCUT2D eigenvalue weighted by Crippen LogP contribution is -2.47. The maximum atomic E-state index is 12.9. The van der Waals surface area contributed by atoms with Gasteiger partial charge in [0.15, 0.2) is 5.17 Å². The van der Waals surface area contributed by atoms with Crippen LogP contribution in [0, 0.1) is 6.92 Å². The Balaban J connectivity index is 1.50. The normalized spacial score (nSPS) is 21.1. The average Bonchev–Trinajstić information content (AvgIpc) is 3.44. The lowest BCUT2D eigenvalue weighted by Gasteiger charge is -2.35. The number of carbonyl (C=O) groups excluding carboxylic acids is 1. The number of carbonyl (C=O) groups is 1. The van der Waals surface area contributed by atoms with Gasteiger partial charge in [0.2, 0.25) is 0 Å². The zero-order chi connectivity index (χ0) is 26.1. The Hall–Kier alpha value is -3.36. The van der Waals surface area contributed by atoms with E-state index in [4.69, 9.17) is 14.6 Å². The number of thioether (sulfide) groups is 1. The smallest absolute Gasteiger partial charge is 0.286 e. The summed E-state index contributed by atoms with van der Waals surface area (Å²) in [4.78, 5) is 20.1. The van der Waals surface area contributed by atoms with Gasteiger partial charge >= 0.3 is 0 Å². The lowest BCUT2D eigenvalue weighted by atomic mass is 10.0. The number of hydrogen-bond donors (Lipinski definition) is 0. The molecule has 3 aromatic rings. The van der Waals surface area contributed by atoms with Crippen molar-refractivity contribution in [1.82, 2.24) is 14.7 Å². The Morgan fingerprint density at radius 3 is 2.51 bits per heavy atom. The fourth-order valence-corrected chi connectivity index (χ4v) is 5.54. The number of amides is 1. The van der Waals surface area contributed by atoms with Crippen molar-refractivity contribution >= 4 is 28.9 Å². The van der Waals surface area contributed by atoms with Gasteiger partial charge < -0.3 is 14.4 Å². The van der Waals surface area contributed by atoms with E-state index in [0.717, 1.165) is 52.1 Å². The predicted molar refractivity (Wildman–Crippen MR) is 149 cm³/mol. The van der Waals surface area contributed by atoms with Crippen LogP contribution in [0.5, 0.6) is 5.75 Å². The van der Waals surface area contributed by atoms with Crippen LogP contribution in [-0.2, 0) is 9.53 Å². The molecule has 0 saturated carbocycles. The fraction of sp³-hybridized carbons (Fsp3) is 0.345. The van der Waals surface area contributed by atoms with Crippen LogP contribution >= 0.6 is 11.8 Å². The highest BCUT2D eigenvalue weighted by molar-refractivity contribution is 8.18. The van der Waals surface area contributed by atoms with Crippen LogP contribution in [0.3, 0.4) is 0 Å². The Kier molecular flexibility index (Phi) is 7.22. The van der Waals surface area contributed by atoms with Gasteiger partial charge in [-0.05, 0) is 88.4 Å². The molecule has 0 spiro atoms. The van der Waals surface area contributed by atoms with Gasteiger partial charge in [-0.3, -0.25) is 4.79 Å².